The normalized spacial score (nSPS) is 12.4. The van der Waals surface area contributed by atoms with E-state index in [9.17, 15) is 9.90 Å². The Bertz CT molecular complexity index is 253. The van der Waals surface area contributed by atoms with Gasteiger partial charge >= 0.3 is 5.97 Å². The van der Waals surface area contributed by atoms with Crippen molar-refractivity contribution >= 4 is 5.97 Å². The van der Waals surface area contributed by atoms with Crippen molar-refractivity contribution < 1.29 is 15.0 Å². The summed E-state index contributed by atoms with van der Waals surface area (Å²) < 4.78 is 0. The van der Waals surface area contributed by atoms with Gasteiger partial charge in [-0.25, -0.2) is 0 Å². The molecule has 0 saturated heterocycles. The van der Waals surface area contributed by atoms with E-state index in [4.69, 9.17) is 5.11 Å². The molecule has 23 heavy (non-hydrogen) atoms. The molecule has 2 N–H and O–H groups in total. The van der Waals surface area contributed by atoms with Gasteiger partial charge in [-0.3, -0.25) is 4.79 Å². The molecule has 0 aliphatic carbocycles. The highest BCUT2D eigenvalue weighted by Crippen LogP contribution is 2.14. The first-order valence-corrected chi connectivity index (χ1v) is 10.1. The lowest BCUT2D eigenvalue weighted by Gasteiger charge is -2.10. The van der Waals surface area contributed by atoms with Crippen molar-refractivity contribution in [3.63, 3.8) is 0 Å². The fraction of sp³-hybridized carbons (Fsp3) is 0.950. The van der Waals surface area contributed by atoms with E-state index in [0.29, 0.717) is 6.42 Å². The molecule has 0 saturated carbocycles. The van der Waals surface area contributed by atoms with E-state index < -0.39 is 5.97 Å². The lowest BCUT2D eigenvalue weighted by atomic mass is 10.0. The van der Waals surface area contributed by atoms with Crippen LogP contribution in [0.3, 0.4) is 0 Å². The minimum Gasteiger partial charge on any atom is -0.481 e. The maximum absolute atomic E-state index is 10.4. The number of carboxylic acid groups (broad SMARTS) is 1. The summed E-state index contributed by atoms with van der Waals surface area (Å²) in [4.78, 5) is 10.4. The smallest absolute Gasteiger partial charge is 0.303 e. The van der Waals surface area contributed by atoms with Crippen LogP contribution in [0.2, 0.25) is 0 Å². The second-order valence-corrected chi connectivity index (χ2v) is 6.97. The minimum absolute atomic E-state index is 0.0716. The van der Waals surface area contributed by atoms with Gasteiger partial charge in [0.15, 0.2) is 0 Å². The SMILES string of the molecule is CCCCCC[C@@H](O)CCCCCCCCCCCCC(=O)O. The molecule has 0 aliphatic heterocycles. The van der Waals surface area contributed by atoms with Gasteiger partial charge in [-0.1, -0.05) is 90.4 Å². The zero-order chi connectivity index (χ0) is 17.2. The number of unbranched alkanes of at least 4 members (excludes halogenated alkanes) is 12. The molecule has 3 nitrogen and oxygen atoms in total. The van der Waals surface area contributed by atoms with E-state index in [2.05, 4.69) is 6.92 Å². The fourth-order valence-corrected chi connectivity index (χ4v) is 3.02. The lowest BCUT2D eigenvalue weighted by molar-refractivity contribution is -0.137. The molecule has 0 aliphatic rings. The molecule has 0 rings (SSSR count). The number of hydrogen-bond donors (Lipinski definition) is 2. The van der Waals surface area contributed by atoms with Gasteiger partial charge in [0.1, 0.15) is 0 Å². The Kier molecular flexibility index (Phi) is 17.3. The Hall–Kier alpha value is -0.570. The van der Waals surface area contributed by atoms with E-state index in [1.165, 1.54) is 77.0 Å². The van der Waals surface area contributed by atoms with Crippen molar-refractivity contribution in [2.45, 2.75) is 122 Å². The molecular weight excluding hydrogens is 288 g/mol. The molecule has 0 heterocycles. The third kappa shape index (κ3) is 19.4. The molecule has 138 valence electrons. The Morgan fingerprint density at radius 2 is 1.09 bits per heavy atom. The highest BCUT2D eigenvalue weighted by Gasteiger charge is 2.03. The summed E-state index contributed by atoms with van der Waals surface area (Å²) in [5, 5.41) is 18.4. The number of rotatable bonds is 18. The highest BCUT2D eigenvalue weighted by molar-refractivity contribution is 5.66. The second kappa shape index (κ2) is 17.8. The molecule has 0 aromatic heterocycles. The first-order chi connectivity index (χ1) is 11.2. The maximum atomic E-state index is 10.4. The van der Waals surface area contributed by atoms with Gasteiger partial charge < -0.3 is 10.2 Å². The van der Waals surface area contributed by atoms with Crippen LogP contribution in [-0.4, -0.2) is 22.3 Å². The van der Waals surface area contributed by atoms with Crippen LogP contribution < -0.4 is 0 Å². The largest absolute Gasteiger partial charge is 0.481 e. The molecule has 3 heteroatoms. The quantitative estimate of drug-likeness (QED) is 0.300. The summed E-state index contributed by atoms with van der Waals surface area (Å²) in [6.45, 7) is 2.22. The van der Waals surface area contributed by atoms with Crippen LogP contribution in [0.15, 0.2) is 0 Å². The van der Waals surface area contributed by atoms with Gasteiger partial charge in [0.05, 0.1) is 6.10 Å². The molecule has 0 radical (unpaired) electrons. The number of aliphatic carboxylic acids is 1. The predicted octanol–water partition coefficient (Wildman–Crippen LogP) is 6.08. The Morgan fingerprint density at radius 1 is 0.696 bits per heavy atom. The molecule has 0 spiro atoms. The molecule has 0 unspecified atom stereocenters. The van der Waals surface area contributed by atoms with Gasteiger partial charge in [-0.2, -0.15) is 0 Å². The third-order valence-corrected chi connectivity index (χ3v) is 4.57. The summed E-state index contributed by atoms with van der Waals surface area (Å²) >= 11 is 0. The van der Waals surface area contributed by atoms with E-state index in [1.54, 1.807) is 0 Å². The molecule has 1 atom stereocenters. The van der Waals surface area contributed by atoms with Crippen molar-refractivity contribution in [3.05, 3.63) is 0 Å². The van der Waals surface area contributed by atoms with Gasteiger partial charge in [0.2, 0.25) is 0 Å². The van der Waals surface area contributed by atoms with Crippen molar-refractivity contribution in [2.24, 2.45) is 0 Å². The van der Waals surface area contributed by atoms with Crippen LogP contribution in [0.25, 0.3) is 0 Å². The average Bonchev–Trinajstić information content (AvgIpc) is 2.52. The fourth-order valence-electron chi connectivity index (χ4n) is 3.02. The monoisotopic (exact) mass is 328 g/mol. The molecule has 0 fully saturated rings. The average molecular weight is 329 g/mol. The molecular formula is C20H40O3. The van der Waals surface area contributed by atoms with Crippen LogP contribution >= 0.6 is 0 Å². The van der Waals surface area contributed by atoms with E-state index in [-0.39, 0.29) is 6.10 Å². The number of hydrogen-bond acceptors (Lipinski definition) is 2. The van der Waals surface area contributed by atoms with E-state index >= 15 is 0 Å². The summed E-state index contributed by atoms with van der Waals surface area (Å²) in [5.41, 5.74) is 0. The summed E-state index contributed by atoms with van der Waals surface area (Å²) in [5.74, 6) is -0.670. The zero-order valence-electron chi connectivity index (χ0n) is 15.4. The first kappa shape index (κ1) is 22.4. The highest BCUT2D eigenvalue weighted by atomic mass is 16.4. The Morgan fingerprint density at radius 3 is 1.52 bits per heavy atom. The van der Waals surface area contributed by atoms with Gasteiger partial charge in [0.25, 0.3) is 0 Å². The maximum Gasteiger partial charge on any atom is 0.303 e. The molecule has 0 amide bonds. The van der Waals surface area contributed by atoms with Gasteiger partial charge in [-0.15, -0.1) is 0 Å². The van der Waals surface area contributed by atoms with Crippen LogP contribution in [0.5, 0.6) is 0 Å². The molecule has 0 aromatic rings. The van der Waals surface area contributed by atoms with Crippen LogP contribution in [0.4, 0.5) is 0 Å². The van der Waals surface area contributed by atoms with Crippen LogP contribution in [0, 0.1) is 0 Å². The van der Waals surface area contributed by atoms with Crippen molar-refractivity contribution in [3.8, 4) is 0 Å². The number of carboxylic acids is 1. The summed E-state index contributed by atoms with van der Waals surface area (Å²) in [7, 11) is 0. The minimum atomic E-state index is -0.670. The Labute approximate surface area is 143 Å². The second-order valence-electron chi connectivity index (χ2n) is 6.97. The summed E-state index contributed by atoms with van der Waals surface area (Å²) in [6.07, 6.45) is 19.2. The van der Waals surface area contributed by atoms with Crippen molar-refractivity contribution in [2.75, 3.05) is 0 Å². The van der Waals surface area contributed by atoms with Gasteiger partial charge in [0, 0.05) is 6.42 Å². The van der Waals surface area contributed by atoms with E-state index in [0.717, 1.165) is 25.7 Å². The summed E-state index contributed by atoms with van der Waals surface area (Å²) in [6, 6.07) is 0. The van der Waals surface area contributed by atoms with Crippen LogP contribution in [0.1, 0.15) is 116 Å². The number of carbonyl (C=O) groups is 1. The molecule has 0 bridgehead atoms. The standard InChI is InChI=1S/C20H40O3/c1-2-3-4-13-16-19(21)17-14-11-9-7-5-6-8-10-12-15-18-20(22)23/h19,21H,2-18H2,1H3,(H,22,23)/t19-/m1/s1. The predicted molar refractivity (Wildman–Crippen MR) is 97.8 cm³/mol. The lowest BCUT2D eigenvalue weighted by Crippen LogP contribution is -2.05. The molecule has 0 aromatic carbocycles. The topological polar surface area (TPSA) is 57.5 Å². The number of aliphatic hydroxyl groups is 1. The van der Waals surface area contributed by atoms with Crippen molar-refractivity contribution in [1.29, 1.82) is 0 Å². The third-order valence-electron chi connectivity index (χ3n) is 4.57. The zero-order valence-corrected chi connectivity index (χ0v) is 15.4. The number of aliphatic hydroxyl groups excluding tert-OH is 1. The Balaban J connectivity index is 3.11. The van der Waals surface area contributed by atoms with Gasteiger partial charge in [-0.05, 0) is 19.3 Å². The van der Waals surface area contributed by atoms with Crippen LogP contribution in [-0.2, 0) is 4.79 Å². The first-order valence-electron chi connectivity index (χ1n) is 10.1. The van der Waals surface area contributed by atoms with Crippen molar-refractivity contribution in [1.82, 2.24) is 0 Å². The van der Waals surface area contributed by atoms with E-state index in [1.807, 2.05) is 0 Å².